The summed E-state index contributed by atoms with van der Waals surface area (Å²) in [4.78, 5) is 16.8. The van der Waals surface area contributed by atoms with E-state index in [9.17, 15) is 18.0 Å². The number of anilines is 2. The molecule has 7 nitrogen and oxygen atoms in total. The number of piperidine rings is 1. The Morgan fingerprint density at radius 3 is 2.46 bits per heavy atom. The van der Waals surface area contributed by atoms with Gasteiger partial charge in [-0.15, -0.1) is 0 Å². The van der Waals surface area contributed by atoms with Crippen LogP contribution in [0.25, 0.3) is 22.0 Å². The molecule has 3 heterocycles. The summed E-state index contributed by atoms with van der Waals surface area (Å²) < 4.78 is 43.1. The van der Waals surface area contributed by atoms with Gasteiger partial charge < -0.3 is 16.0 Å². The van der Waals surface area contributed by atoms with E-state index in [2.05, 4.69) is 26.0 Å². The van der Waals surface area contributed by atoms with Gasteiger partial charge in [0.25, 0.3) is 0 Å². The van der Waals surface area contributed by atoms with Crippen molar-refractivity contribution < 1.29 is 18.0 Å². The van der Waals surface area contributed by atoms with Crippen molar-refractivity contribution in [3.63, 3.8) is 0 Å². The first-order valence-corrected chi connectivity index (χ1v) is 12.1. The van der Waals surface area contributed by atoms with Crippen LogP contribution in [-0.2, 0) is 19.6 Å². The predicted molar refractivity (Wildman–Crippen MR) is 137 cm³/mol. The Hall–Kier alpha value is -3.92. The van der Waals surface area contributed by atoms with Gasteiger partial charge in [-0.3, -0.25) is 9.67 Å². The van der Waals surface area contributed by atoms with Crippen LogP contribution >= 0.6 is 0 Å². The zero-order valence-corrected chi connectivity index (χ0v) is 20.3. The maximum absolute atomic E-state index is 13.8. The summed E-state index contributed by atoms with van der Waals surface area (Å²) >= 11 is 0. The fourth-order valence-electron chi connectivity index (χ4n) is 4.81. The molecule has 0 radical (unpaired) electrons. The average Bonchev–Trinajstić information content (AvgIpc) is 3.26. The molecule has 37 heavy (non-hydrogen) atoms. The van der Waals surface area contributed by atoms with Crippen molar-refractivity contribution in [3.8, 4) is 11.1 Å². The lowest BCUT2D eigenvalue weighted by Gasteiger charge is -2.24. The van der Waals surface area contributed by atoms with Crippen LogP contribution in [0.4, 0.5) is 29.3 Å². The second-order valence-electron chi connectivity index (χ2n) is 9.31. The molecule has 0 spiro atoms. The number of carbonyl (C=O) groups excluding carboxylic acids is 1. The molecule has 1 fully saturated rings. The van der Waals surface area contributed by atoms with Gasteiger partial charge in [0, 0.05) is 35.6 Å². The molecular weight excluding hydrogens is 481 g/mol. The number of nitrogens with one attached hydrogen (secondary N) is 3. The molecular formula is C27H27F3N6O. The maximum atomic E-state index is 13.8. The zero-order chi connectivity index (χ0) is 26.0. The minimum absolute atomic E-state index is 0.0878. The zero-order valence-electron chi connectivity index (χ0n) is 20.3. The number of hydrogen-bond donors (Lipinski definition) is 3. The summed E-state index contributed by atoms with van der Waals surface area (Å²) in [6.07, 6.45) is 2.86. The predicted octanol–water partition coefficient (Wildman–Crippen LogP) is 5.84. The second kappa shape index (κ2) is 10.2. The van der Waals surface area contributed by atoms with Crippen molar-refractivity contribution in [1.82, 2.24) is 20.1 Å². The number of aromatic nitrogens is 3. The summed E-state index contributed by atoms with van der Waals surface area (Å²) in [7, 11) is 1.85. The van der Waals surface area contributed by atoms with Crippen LogP contribution in [0, 0.1) is 5.92 Å². The highest BCUT2D eigenvalue weighted by Gasteiger charge is 2.34. The summed E-state index contributed by atoms with van der Waals surface area (Å²) in [6.45, 7) is 1.64. The molecule has 2 amide bonds. The van der Waals surface area contributed by atoms with Crippen LogP contribution < -0.4 is 16.0 Å². The summed E-state index contributed by atoms with van der Waals surface area (Å²) in [5.41, 5.74) is 2.86. The molecule has 2 aromatic carbocycles. The third-order valence-electron chi connectivity index (χ3n) is 6.77. The number of carbonyl (C=O) groups is 1. The Balaban J connectivity index is 1.27. The van der Waals surface area contributed by atoms with Crippen LogP contribution in [0.15, 0.2) is 61.1 Å². The second-order valence-corrected chi connectivity index (χ2v) is 9.31. The minimum atomic E-state index is -4.50. The molecule has 1 saturated heterocycles. The van der Waals surface area contributed by atoms with E-state index in [4.69, 9.17) is 0 Å². The van der Waals surface area contributed by atoms with E-state index < -0.39 is 17.8 Å². The molecule has 0 bridgehead atoms. The molecule has 0 atom stereocenters. The van der Waals surface area contributed by atoms with Crippen LogP contribution in [0.2, 0.25) is 0 Å². The fraction of sp³-hybridized carbons (Fsp3) is 0.296. The Morgan fingerprint density at radius 2 is 1.73 bits per heavy atom. The van der Waals surface area contributed by atoms with E-state index in [1.165, 1.54) is 12.1 Å². The van der Waals surface area contributed by atoms with Crippen molar-refractivity contribution in [3.05, 3.63) is 72.2 Å². The van der Waals surface area contributed by atoms with Crippen molar-refractivity contribution in [2.75, 3.05) is 23.7 Å². The number of hydrogen-bond acceptors (Lipinski definition) is 4. The van der Waals surface area contributed by atoms with Crippen LogP contribution in [0.1, 0.15) is 24.0 Å². The lowest BCUT2D eigenvalue weighted by Crippen LogP contribution is -2.29. The number of rotatable bonds is 5. The van der Waals surface area contributed by atoms with Gasteiger partial charge >= 0.3 is 12.2 Å². The molecule has 5 rings (SSSR count). The third kappa shape index (κ3) is 5.59. The Kier molecular flexibility index (Phi) is 6.84. The number of benzene rings is 2. The Labute approximate surface area is 212 Å². The highest BCUT2D eigenvalue weighted by Crippen LogP contribution is 2.36. The van der Waals surface area contributed by atoms with Crippen molar-refractivity contribution in [2.45, 2.75) is 25.4 Å². The van der Waals surface area contributed by atoms with E-state index >= 15 is 0 Å². The number of halogens is 3. The van der Waals surface area contributed by atoms with Crippen molar-refractivity contribution in [2.24, 2.45) is 13.0 Å². The molecule has 1 aliphatic rings. The summed E-state index contributed by atoms with van der Waals surface area (Å²) in [6, 6.07) is 10.5. The first-order valence-electron chi connectivity index (χ1n) is 12.1. The Bertz CT molecular complexity index is 1410. The smallest absolute Gasteiger partial charge is 0.317 e. The van der Waals surface area contributed by atoms with Gasteiger partial charge in [-0.05, 0) is 73.7 Å². The highest BCUT2D eigenvalue weighted by molar-refractivity contribution is 6.00. The first kappa shape index (κ1) is 24.8. The monoisotopic (exact) mass is 508 g/mol. The number of amides is 2. The summed E-state index contributed by atoms with van der Waals surface area (Å²) in [5.74, 6) is 0.216. The first-order chi connectivity index (χ1) is 17.8. The van der Waals surface area contributed by atoms with Crippen molar-refractivity contribution in [1.29, 1.82) is 0 Å². The molecule has 0 aliphatic carbocycles. The quantitative estimate of drug-likeness (QED) is 0.316. The van der Waals surface area contributed by atoms with Gasteiger partial charge in [-0.1, -0.05) is 18.2 Å². The van der Waals surface area contributed by atoms with Crippen LogP contribution in [-0.4, -0.2) is 33.9 Å². The van der Waals surface area contributed by atoms with E-state index in [0.29, 0.717) is 12.1 Å². The third-order valence-corrected chi connectivity index (χ3v) is 6.77. The number of alkyl halides is 3. The standard InChI is InChI=1S/C27H27F3N6O/c1-36-25-16-32-14-22(23(25)15-33-36)18-2-5-20(6-3-18)34-26(37)35-21-7-4-19(24(13-21)27(28,29)30)12-17-8-10-31-11-9-17/h2-7,13-17,31H,8-12H2,1H3,(H2,34,35,37). The molecule has 4 aromatic rings. The summed E-state index contributed by atoms with van der Waals surface area (Å²) in [5, 5.41) is 13.7. The lowest BCUT2D eigenvalue weighted by molar-refractivity contribution is -0.138. The van der Waals surface area contributed by atoms with Gasteiger partial charge in [0.1, 0.15) is 0 Å². The molecule has 1 aliphatic heterocycles. The minimum Gasteiger partial charge on any atom is -0.317 e. The average molecular weight is 509 g/mol. The van der Waals surface area contributed by atoms with Gasteiger partial charge in [0.15, 0.2) is 0 Å². The van der Waals surface area contributed by atoms with Crippen LogP contribution in [0.5, 0.6) is 0 Å². The SMILES string of the molecule is Cn1ncc2c(-c3ccc(NC(=O)Nc4ccc(CC5CCNCC5)c(C(F)(F)F)c4)cc3)cncc21. The van der Waals surface area contributed by atoms with E-state index in [-0.39, 0.29) is 17.2 Å². The Morgan fingerprint density at radius 1 is 1.03 bits per heavy atom. The van der Waals surface area contributed by atoms with Gasteiger partial charge in [0.2, 0.25) is 0 Å². The maximum Gasteiger partial charge on any atom is 0.416 e. The van der Waals surface area contributed by atoms with Gasteiger partial charge in [-0.25, -0.2) is 4.79 Å². The number of nitrogens with zero attached hydrogens (tertiary/aromatic N) is 3. The molecule has 0 saturated carbocycles. The largest absolute Gasteiger partial charge is 0.416 e. The normalized spacial score (nSPS) is 14.6. The van der Waals surface area contributed by atoms with Gasteiger partial charge in [-0.2, -0.15) is 18.3 Å². The van der Waals surface area contributed by atoms with E-state index in [0.717, 1.165) is 54.0 Å². The molecule has 0 unspecified atom stereocenters. The topological polar surface area (TPSA) is 83.9 Å². The number of aryl methyl sites for hydroxylation is 1. The molecule has 10 heteroatoms. The van der Waals surface area contributed by atoms with Gasteiger partial charge in [0.05, 0.1) is 23.5 Å². The number of fused-ring (bicyclic) bond motifs is 1. The number of urea groups is 1. The molecule has 3 N–H and O–H groups in total. The number of pyridine rings is 1. The van der Waals surface area contributed by atoms with E-state index in [1.807, 2.05) is 19.2 Å². The highest BCUT2D eigenvalue weighted by atomic mass is 19.4. The molecule has 2 aromatic heterocycles. The van der Waals surface area contributed by atoms with Crippen LogP contribution in [0.3, 0.4) is 0 Å². The lowest BCUT2D eigenvalue weighted by atomic mass is 9.89. The van der Waals surface area contributed by atoms with Crippen molar-refractivity contribution >= 4 is 28.3 Å². The van der Waals surface area contributed by atoms with E-state index in [1.54, 1.807) is 35.4 Å². The molecule has 192 valence electrons. The fourth-order valence-corrected chi connectivity index (χ4v) is 4.81.